The molecule has 0 aliphatic rings. The monoisotopic (exact) mass is 460 g/mol. The van der Waals surface area contributed by atoms with Gasteiger partial charge in [0.25, 0.3) is 5.91 Å². The summed E-state index contributed by atoms with van der Waals surface area (Å²) in [5.41, 5.74) is 0.899. The first kappa shape index (κ1) is 23.4. The number of rotatable bonds is 10. The highest BCUT2D eigenvalue weighted by molar-refractivity contribution is 7.89. The minimum absolute atomic E-state index is 0.00762. The fourth-order valence-corrected chi connectivity index (χ4v) is 3.85. The lowest BCUT2D eigenvalue weighted by Crippen LogP contribution is -2.31. The molecular formula is C19H22Cl2N2O5S. The molecule has 1 atom stereocenters. The average Bonchev–Trinajstić information content (AvgIpc) is 2.67. The molecule has 29 heavy (non-hydrogen) atoms. The minimum Gasteiger partial charge on any atom is -0.482 e. The minimum atomic E-state index is -3.71. The summed E-state index contributed by atoms with van der Waals surface area (Å²) in [7, 11) is -2.24. The topological polar surface area (TPSA) is 93.7 Å². The van der Waals surface area contributed by atoms with Gasteiger partial charge in [-0.15, -0.1) is 0 Å². The third-order valence-electron chi connectivity index (χ3n) is 3.92. The maximum absolute atomic E-state index is 12.2. The summed E-state index contributed by atoms with van der Waals surface area (Å²) in [5, 5.41) is 3.50. The number of carbonyl (C=O) groups excluding carboxylic acids is 1. The highest BCUT2D eigenvalue weighted by Gasteiger charge is 2.16. The van der Waals surface area contributed by atoms with E-state index in [2.05, 4.69) is 10.0 Å². The summed E-state index contributed by atoms with van der Waals surface area (Å²) in [5.74, 6) is -0.141. The van der Waals surface area contributed by atoms with Crippen LogP contribution in [0.25, 0.3) is 0 Å². The number of nitrogens with one attached hydrogen (secondary N) is 2. The van der Waals surface area contributed by atoms with Gasteiger partial charge in [0.05, 0.1) is 22.6 Å². The second-order valence-electron chi connectivity index (χ2n) is 6.11. The van der Waals surface area contributed by atoms with E-state index in [0.29, 0.717) is 5.02 Å². The molecule has 0 unspecified atom stereocenters. The van der Waals surface area contributed by atoms with E-state index in [9.17, 15) is 13.2 Å². The molecular weight excluding hydrogens is 439 g/mol. The second kappa shape index (κ2) is 10.8. The normalized spacial score (nSPS) is 12.4. The van der Waals surface area contributed by atoms with E-state index >= 15 is 0 Å². The van der Waals surface area contributed by atoms with Gasteiger partial charge in [0.2, 0.25) is 10.0 Å². The van der Waals surface area contributed by atoms with E-state index in [-0.39, 0.29) is 47.4 Å². The number of amides is 1. The van der Waals surface area contributed by atoms with Gasteiger partial charge < -0.3 is 14.8 Å². The predicted molar refractivity (Wildman–Crippen MR) is 112 cm³/mol. The van der Waals surface area contributed by atoms with E-state index in [4.69, 9.17) is 32.7 Å². The molecule has 2 rings (SSSR count). The average molecular weight is 461 g/mol. The van der Waals surface area contributed by atoms with Crippen LogP contribution in [0.2, 0.25) is 10.0 Å². The fourth-order valence-electron chi connectivity index (χ4n) is 2.39. The molecule has 0 radical (unpaired) electrons. The summed E-state index contributed by atoms with van der Waals surface area (Å²) < 4.78 is 37.0. The van der Waals surface area contributed by atoms with Crippen molar-refractivity contribution in [2.75, 3.05) is 26.9 Å². The fraction of sp³-hybridized carbons (Fsp3) is 0.316. The molecule has 0 spiro atoms. The van der Waals surface area contributed by atoms with E-state index < -0.39 is 10.0 Å². The van der Waals surface area contributed by atoms with E-state index in [1.54, 1.807) is 12.1 Å². The van der Waals surface area contributed by atoms with Crippen LogP contribution in [0.15, 0.2) is 47.4 Å². The molecule has 2 aromatic rings. The number of methoxy groups -OCH3 is 1. The van der Waals surface area contributed by atoms with Crippen LogP contribution >= 0.6 is 23.2 Å². The van der Waals surface area contributed by atoms with Crippen molar-refractivity contribution in [3.05, 3.63) is 58.1 Å². The predicted octanol–water partition coefficient (Wildman–Crippen LogP) is 3.17. The SMILES string of the molecule is COCCNS(=O)(=O)c1ccc(OCC(=O)N[C@H](C)c2ccc(Cl)cc2)c(Cl)c1. The van der Waals surface area contributed by atoms with E-state index in [1.807, 2.05) is 19.1 Å². The Hall–Kier alpha value is -1.84. The first-order chi connectivity index (χ1) is 13.7. The summed E-state index contributed by atoms with van der Waals surface area (Å²) in [6.07, 6.45) is 0. The molecule has 0 fully saturated rings. The Balaban J connectivity index is 1.93. The third kappa shape index (κ3) is 7.17. The van der Waals surface area contributed by atoms with Crippen molar-refractivity contribution in [1.82, 2.24) is 10.0 Å². The van der Waals surface area contributed by atoms with Gasteiger partial charge in [-0.3, -0.25) is 4.79 Å². The summed E-state index contributed by atoms with van der Waals surface area (Å²) in [6.45, 7) is 1.96. The van der Waals surface area contributed by atoms with Crippen molar-refractivity contribution in [3.63, 3.8) is 0 Å². The summed E-state index contributed by atoms with van der Waals surface area (Å²) >= 11 is 12.0. The maximum atomic E-state index is 12.2. The van der Waals surface area contributed by atoms with Gasteiger partial charge in [-0.1, -0.05) is 35.3 Å². The molecule has 0 saturated heterocycles. The molecule has 0 heterocycles. The van der Waals surface area contributed by atoms with Crippen LogP contribution in [0.4, 0.5) is 0 Å². The van der Waals surface area contributed by atoms with Gasteiger partial charge in [0.1, 0.15) is 5.75 Å². The van der Waals surface area contributed by atoms with Crippen LogP contribution in [-0.4, -0.2) is 41.2 Å². The largest absolute Gasteiger partial charge is 0.482 e. The molecule has 1 amide bonds. The number of halogens is 2. The molecule has 0 saturated carbocycles. The second-order valence-corrected chi connectivity index (χ2v) is 8.72. The standard InChI is InChI=1S/C19H22Cl2N2O5S/c1-13(14-3-5-15(20)6-4-14)23-19(24)12-28-18-8-7-16(11-17(18)21)29(25,26)22-9-10-27-2/h3-8,11,13,22H,9-10,12H2,1-2H3,(H,23,24)/t13-/m1/s1. The van der Waals surface area contributed by atoms with Crippen LogP contribution in [0, 0.1) is 0 Å². The zero-order valence-corrected chi connectivity index (χ0v) is 18.3. The van der Waals surface area contributed by atoms with Crippen LogP contribution < -0.4 is 14.8 Å². The molecule has 158 valence electrons. The Morgan fingerprint density at radius 1 is 1.14 bits per heavy atom. The zero-order valence-electron chi connectivity index (χ0n) is 15.9. The maximum Gasteiger partial charge on any atom is 0.258 e. The van der Waals surface area contributed by atoms with Crippen molar-refractivity contribution in [2.45, 2.75) is 17.9 Å². The van der Waals surface area contributed by atoms with Crippen molar-refractivity contribution in [2.24, 2.45) is 0 Å². The van der Waals surface area contributed by atoms with E-state index in [1.165, 1.54) is 25.3 Å². The molecule has 0 aliphatic heterocycles. The molecule has 7 nitrogen and oxygen atoms in total. The van der Waals surface area contributed by atoms with Crippen LogP contribution in [0.1, 0.15) is 18.5 Å². The lowest BCUT2D eigenvalue weighted by molar-refractivity contribution is -0.123. The third-order valence-corrected chi connectivity index (χ3v) is 5.92. The lowest BCUT2D eigenvalue weighted by atomic mass is 10.1. The molecule has 0 bridgehead atoms. The van der Waals surface area contributed by atoms with Gasteiger partial charge in [-0.2, -0.15) is 0 Å². The smallest absolute Gasteiger partial charge is 0.258 e. The van der Waals surface area contributed by atoms with Crippen LogP contribution in [0.3, 0.4) is 0 Å². The first-order valence-electron chi connectivity index (χ1n) is 8.68. The Kier molecular flexibility index (Phi) is 8.73. The number of carbonyl (C=O) groups is 1. The molecule has 0 aliphatic carbocycles. The Morgan fingerprint density at radius 3 is 2.45 bits per heavy atom. The van der Waals surface area contributed by atoms with Crippen LogP contribution in [0.5, 0.6) is 5.75 Å². The van der Waals surface area contributed by atoms with Crippen molar-refractivity contribution < 1.29 is 22.7 Å². The highest BCUT2D eigenvalue weighted by Crippen LogP contribution is 2.27. The summed E-state index contributed by atoms with van der Waals surface area (Å²) in [6, 6.07) is 10.9. The van der Waals surface area contributed by atoms with Gasteiger partial charge in [-0.05, 0) is 42.8 Å². The van der Waals surface area contributed by atoms with Crippen molar-refractivity contribution in [3.8, 4) is 5.75 Å². The lowest BCUT2D eigenvalue weighted by Gasteiger charge is -2.15. The first-order valence-corrected chi connectivity index (χ1v) is 10.9. The molecule has 10 heteroatoms. The number of benzene rings is 2. The summed E-state index contributed by atoms with van der Waals surface area (Å²) in [4.78, 5) is 12.1. The number of ether oxygens (including phenoxy) is 2. The van der Waals surface area contributed by atoms with Gasteiger partial charge in [0.15, 0.2) is 6.61 Å². The molecule has 2 N–H and O–H groups in total. The molecule has 2 aromatic carbocycles. The zero-order chi connectivity index (χ0) is 21.4. The van der Waals surface area contributed by atoms with E-state index in [0.717, 1.165) is 5.56 Å². The number of hydrogen-bond acceptors (Lipinski definition) is 5. The Morgan fingerprint density at radius 2 is 1.83 bits per heavy atom. The van der Waals surface area contributed by atoms with Crippen LogP contribution in [-0.2, 0) is 19.6 Å². The number of sulfonamides is 1. The number of hydrogen-bond donors (Lipinski definition) is 2. The Labute approximate surface area is 180 Å². The van der Waals surface area contributed by atoms with Gasteiger partial charge in [-0.25, -0.2) is 13.1 Å². The van der Waals surface area contributed by atoms with Crippen molar-refractivity contribution >= 4 is 39.1 Å². The van der Waals surface area contributed by atoms with Gasteiger partial charge >= 0.3 is 0 Å². The quantitative estimate of drug-likeness (QED) is 0.531. The molecule has 0 aromatic heterocycles. The van der Waals surface area contributed by atoms with Crippen molar-refractivity contribution in [1.29, 1.82) is 0 Å². The highest BCUT2D eigenvalue weighted by atomic mass is 35.5. The Bertz CT molecular complexity index is 936. The van der Waals surface area contributed by atoms with Gasteiger partial charge in [0, 0.05) is 18.7 Å².